The number of nitrogens with zero attached hydrogens (tertiary/aromatic N) is 2. The zero-order valence-electron chi connectivity index (χ0n) is 10.9. The first kappa shape index (κ1) is 14.6. The fourth-order valence-corrected chi connectivity index (χ4v) is 4.15. The zero-order chi connectivity index (χ0) is 13.9. The van der Waals surface area contributed by atoms with E-state index in [1.165, 1.54) is 27.2 Å². The van der Waals surface area contributed by atoms with Crippen molar-refractivity contribution >= 4 is 21.8 Å². The molecule has 1 aliphatic rings. The minimum Gasteiger partial charge on any atom is -0.304 e. The van der Waals surface area contributed by atoms with E-state index >= 15 is 0 Å². The first-order chi connectivity index (χ1) is 9.05. The van der Waals surface area contributed by atoms with E-state index in [1.807, 2.05) is 6.92 Å². The molecule has 1 aromatic rings. The SMILES string of the molecule is CCSCn1cc(S(=O)(=O)N2CCCC2)ccc1=O. The van der Waals surface area contributed by atoms with Crippen molar-refractivity contribution in [2.75, 3.05) is 18.8 Å². The van der Waals surface area contributed by atoms with Crippen LogP contribution < -0.4 is 5.56 Å². The summed E-state index contributed by atoms with van der Waals surface area (Å²) in [5, 5.41) is 0. The summed E-state index contributed by atoms with van der Waals surface area (Å²) in [4.78, 5) is 11.9. The van der Waals surface area contributed by atoms with E-state index in [1.54, 1.807) is 11.8 Å². The van der Waals surface area contributed by atoms with Crippen LogP contribution in [0.3, 0.4) is 0 Å². The number of hydrogen-bond acceptors (Lipinski definition) is 4. The van der Waals surface area contributed by atoms with Crippen LogP contribution in [0.1, 0.15) is 19.8 Å². The van der Waals surface area contributed by atoms with Gasteiger partial charge in [0.2, 0.25) is 10.0 Å². The first-order valence-corrected chi connectivity index (χ1v) is 8.93. The standard InChI is InChI=1S/C12H18N2O3S2/c1-2-18-10-13-9-11(5-6-12(13)15)19(16,17)14-7-3-4-8-14/h5-6,9H,2-4,7-8,10H2,1H3. The highest BCUT2D eigenvalue weighted by atomic mass is 32.2. The van der Waals surface area contributed by atoms with Crippen LogP contribution in [0.5, 0.6) is 0 Å². The van der Waals surface area contributed by atoms with E-state index in [0.717, 1.165) is 18.6 Å². The van der Waals surface area contributed by atoms with Gasteiger partial charge in [0.25, 0.3) is 5.56 Å². The highest BCUT2D eigenvalue weighted by Crippen LogP contribution is 2.20. The Morgan fingerprint density at radius 1 is 1.26 bits per heavy atom. The minimum absolute atomic E-state index is 0.165. The fourth-order valence-electron chi connectivity index (χ4n) is 2.03. The van der Waals surface area contributed by atoms with Crippen molar-refractivity contribution in [3.05, 3.63) is 28.7 Å². The molecule has 2 rings (SSSR count). The molecule has 106 valence electrons. The van der Waals surface area contributed by atoms with Crippen LogP contribution in [0.25, 0.3) is 0 Å². The largest absolute Gasteiger partial charge is 0.304 e. The monoisotopic (exact) mass is 302 g/mol. The second-order valence-corrected chi connectivity index (χ2v) is 7.59. The Balaban J connectivity index is 2.31. The molecule has 0 spiro atoms. The van der Waals surface area contributed by atoms with Crippen LogP contribution in [-0.4, -0.2) is 36.1 Å². The van der Waals surface area contributed by atoms with Gasteiger partial charge >= 0.3 is 0 Å². The normalized spacial score (nSPS) is 16.9. The highest BCUT2D eigenvalue weighted by molar-refractivity contribution is 7.98. The maximum Gasteiger partial charge on any atom is 0.251 e. The molecule has 1 aromatic heterocycles. The Hall–Kier alpha value is -0.790. The average Bonchev–Trinajstić information content (AvgIpc) is 2.92. The molecule has 2 heterocycles. The molecule has 0 bridgehead atoms. The van der Waals surface area contributed by atoms with Crippen LogP contribution in [0.15, 0.2) is 28.0 Å². The first-order valence-electron chi connectivity index (χ1n) is 6.34. The lowest BCUT2D eigenvalue weighted by Crippen LogP contribution is -2.29. The van der Waals surface area contributed by atoms with Gasteiger partial charge in [-0.05, 0) is 24.7 Å². The molecule has 0 amide bonds. The van der Waals surface area contributed by atoms with Gasteiger partial charge < -0.3 is 4.57 Å². The van der Waals surface area contributed by atoms with Crippen molar-refractivity contribution in [2.24, 2.45) is 0 Å². The topological polar surface area (TPSA) is 59.4 Å². The van der Waals surface area contributed by atoms with E-state index in [9.17, 15) is 13.2 Å². The van der Waals surface area contributed by atoms with Gasteiger partial charge in [0.05, 0.1) is 10.8 Å². The molecule has 0 unspecified atom stereocenters. The molecule has 1 aliphatic heterocycles. The third kappa shape index (κ3) is 3.21. The third-order valence-electron chi connectivity index (χ3n) is 3.09. The number of rotatable bonds is 5. The molecule has 0 radical (unpaired) electrons. The molecule has 19 heavy (non-hydrogen) atoms. The summed E-state index contributed by atoms with van der Waals surface area (Å²) in [7, 11) is -3.44. The Labute approximate surface area is 117 Å². The van der Waals surface area contributed by atoms with Crippen molar-refractivity contribution < 1.29 is 8.42 Å². The molecule has 0 aliphatic carbocycles. The number of sulfonamides is 1. The fraction of sp³-hybridized carbons (Fsp3) is 0.583. The third-order valence-corrected chi connectivity index (χ3v) is 5.84. The lowest BCUT2D eigenvalue weighted by Gasteiger charge is -2.16. The lowest BCUT2D eigenvalue weighted by atomic mass is 10.4. The summed E-state index contributed by atoms with van der Waals surface area (Å²) >= 11 is 1.58. The van der Waals surface area contributed by atoms with Gasteiger partial charge in [0, 0.05) is 25.4 Å². The van der Waals surface area contributed by atoms with E-state index in [0.29, 0.717) is 19.0 Å². The second-order valence-electron chi connectivity index (χ2n) is 4.41. The molecule has 7 heteroatoms. The van der Waals surface area contributed by atoms with Gasteiger partial charge in [-0.15, -0.1) is 11.8 Å². The quantitative estimate of drug-likeness (QED) is 0.823. The molecule has 1 saturated heterocycles. The van der Waals surface area contributed by atoms with Crippen molar-refractivity contribution in [1.82, 2.24) is 8.87 Å². The number of pyridine rings is 1. The lowest BCUT2D eigenvalue weighted by molar-refractivity contribution is 0.476. The van der Waals surface area contributed by atoms with Crippen LogP contribution in [-0.2, 0) is 15.9 Å². The summed E-state index contributed by atoms with van der Waals surface area (Å²) in [6, 6.07) is 2.74. The van der Waals surface area contributed by atoms with Crippen molar-refractivity contribution in [2.45, 2.75) is 30.5 Å². The maximum absolute atomic E-state index is 12.4. The Morgan fingerprint density at radius 2 is 1.95 bits per heavy atom. The Morgan fingerprint density at radius 3 is 2.58 bits per heavy atom. The predicted octanol–water partition coefficient (Wildman–Crippen LogP) is 1.34. The average molecular weight is 302 g/mol. The predicted molar refractivity (Wildman–Crippen MR) is 76.8 cm³/mol. The molecule has 5 nitrogen and oxygen atoms in total. The van der Waals surface area contributed by atoms with E-state index < -0.39 is 10.0 Å². The van der Waals surface area contributed by atoms with E-state index in [-0.39, 0.29) is 10.5 Å². The summed E-state index contributed by atoms with van der Waals surface area (Å²) in [6.07, 6.45) is 3.27. The molecule has 0 saturated carbocycles. The van der Waals surface area contributed by atoms with Gasteiger partial charge in [-0.1, -0.05) is 6.92 Å². The molecule has 1 fully saturated rings. The molecular formula is C12H18N2O3S2. The zero-order valence-corrected chi connectivity index (χ0v) is 12.5. The van der Waals surface area contributed by atoms with Crippen molar-refractivity contribution in [3.63, 3.8) is 0 Å². The Bertz CT molecular complexity index is 589. The number of aromatic nitrogens is 1. The molecular weight excluding hydrogens is 284 g/mol. The number of thioether (sulfide) groups is 1. The van der Waals surface area contributed by atoms with E-state index in [4.69, 9.17) is 0 Å². The van der Waals surface area contributed by atoms with Crippen LogP contribution in [0.2, 0.25) is 0 Å². The summed E-state index contributed by atoms with van der Waals surface area (Å²) in [5.74, 6) is 1.37. The second kappa shape index (κ2) is 6.11. The van der Waals surface area contributed by atoms with Gasteiger partial charge in [0.1, 0.15) is 0 Å². The van der Waals surface area contributed by atoms with Crippen LogP contribution >= 0.6 is 11.8 Å². The summed E-state index contributed by atoms with van der Waals surface area (Å²) < 4.78 is 27.7. The molecule has 0 atom stereocenters. The van der Waals surface area contributed by atoms with E-state index in [2.05, 4.69) is 0 Å². The highest BCUT2D eigenvalue weighted by Gasteiger charge is 2.27. The van der Waals surface area contributed by atoms with Gasteiger partial charge in [-0.3, -0.25) is 4.79 Å². The summed E-state index contributed by atoms with van der Waals surface area (Å²) in [6.45, 7) is 3.15. The van der Waals surface area contributed by atoms with Crippen molar-refractivity contribution in [1.29, 1.82) is 0 Å². The van der Waals surface area contributed by atoms with Crippen LogP contribution in [0.4, 0.5) is 0 Å². The summed E-state index contributed by atoms with van der Waals surface area (Å²) in [5.41, 5.74) is -0.165. The van der Waals surface area contributed by atoms with Gasteiger partial charge in [-0.2, -0.15) is 4.31 Å². The van der Waals surface area contributed by atoms with Crippen molar-refractivity contribution in [3.8, 4) is 0 Å². The smallest absolute Gasteiger partial charge is 0.251 e. The van der Waals surface area contributed by atoms with Gasteiger partial charge in [0.15, 0.2) is 0 Å². The molecule has 0 aromatic carbocycles. The Kier molecular flexibility index (Phi) is 4.70. The van der Waals surface area contributed by atoms with Crippen LogP contribution in [0, 0.1) is 0 Å². The number of hydrogen-bond donors (Lipinski definition) is 0. The minimum atomic E-state index is -3.44. The molecule has 0 N–H and O–H groups in total. The van der Waals surface area contributed by atoms with Gasteiger partial charge in [-0.25, -0.2) is 8.42 Å². The maximum atomic E-state index is 12.4.